The minimum atomic E-state index is -1.37. The quantitative estimate of drug-likeness (QED) is 0.455. The van der Waals surface area contributed by atoms with Crippen LogP contribution < -0.4 is 10.5 Å². The highest BCUT2D eigenvalue weighted by molar-refractivity contribution is 5.98. The number of aliphatic carboxylic acids is 1. The number of anilines is 1. The molecule has 0 saturated heterocycles. The van der Waals surface area contributed by atoms with Crippen LogP contribution in [-0.4, -0.2) is 24.2 Å². The van der Waals surface area contributed by atoms with Crippen molar-refractivity contribution < 1.29 is 14.3 Å². The molecule has 1 aromatic carbocycles. The summed E-state index contributed by atoms with van der Waals surface area (Å²) in [5.74, 6) is -1.37. The van der Waals surface area contributed by atoms with E-state index in [0.29, 0.717) is 11.1 Å². The van der Waals surface area contributed by atoms with Crippen LogP contribution >= 0.6 is 0 Å². The van der Waals surface area contributed by atoms with Crippen LogP contribution in [0.15, 0.2) is 20.9 Å². The molecule has 0 unspecified atom stereocenters. The third kappa shape index (κ3) is 2.84. The first-order chi connectivity index (χ1) is 14.0. The summed E-state index contributed by atoms with van der Waals surface area (Å²) in [6.07, 6.45) is 3.11. The van der Waals surface area contributed by atoms with Gasteiger partial charge in [0.1, 0.15) is 17.2 Å². The predicted octanol–water partition coefficient (Wildman–Crippen LogP) is 4.26. The van der Waals surface area contributed by atoms with Gasteiger partial charge in [-0.3, -0.25) is 0 Å². The molecule has 6 nitrogen and oxygen atoms in total. The highest BCUT2D eigenvalue weighted by atomic mass is 16.4. The molecule has 0 spiro atoms. The molecule has 0 amide bonds. The molecule has 0 bridgehead atoms. The van der Waals surface area contributed by atoms with Crippen molar-refractivity contribution in [1.29, 1.82) is 5.26 Å². The van der Waals surface area contributed by atoms with E-state index < -0.39 is 17.2 Å². The van der Waals surface area contributed by atoms with Crippen molar-refractivity contribution in [2.45, 2.75) is 58.3 Å². The Morgan fingerprint density at radius 1 is 1.23 bits per heavy atom. The Kier molecular flexibility index (Phi) is 4.36. The third-order valence-electron chi connectivity index (χ3n) is 6.85. The highest BCUT2D eigenvalue weighted by Gasteiger charge is 2.42. The van der Waals surface area contributed by atoms with Crippen molar-refractivity contribution >= 4 is 28.7 Å². The highest BCUT2D eigenvalue weighted by Crippen LogP contribution is 2.52. The fraction of sp³-hybridized carbons (Fsp3) is 0.458. The van der Waals surface area contributed by atoms with Crippen LogP contribution in [0.2, 0.25) is 0 Å². The third-order valence-corrected chi connectivity index (χ3v) is 6.85. The average Bonchev–Trinajstić information content (AvgIpc) is 2.65. The lowest BCUT2D eigenvalue weighted by Crippen LogP contribution is -2.44. The van der Waals surface area contributed by atoms with Gasteiger partial charge in [0.25, 0.3) is 0 Å². The normalized spacial score (nSPS) is 19.3. The Balaban J connectivity index is 2.15. The van der Waals surface area contributed by atoms with Gasteiger partial charge in [-0.1, -0.05) is 27.7 Å². The smallest absolute Gasteiger partial charge is 0.346 e. The lowest BCUT2D eigenvalue weighted by atomic mass is 9.69. The van der Waals surface area contributed by atoms with Gasteiger partial charge in [-0.25, -0.2) is 9.59 Å². The summed E-state index contributed by atoms with van der Waals surface area (Å²) < 4.78 is 5.84. The van der Waals surface area contributed by atoms with Gasteiger partial charge in [0.2, 0.25) is 0 Å². The van der Waals surface area contributed by atoms with Gasteiger partial charge in [-0.05, 0) is 53.9 Å². The zero-order valence-electron chi connectivity index (χ0n) is 18.0. The molecule has 156 valence electrons. The fourth-order valence-corrected chi connectivity index (χ4v) is 4.84. The molecule has 1 N–H and O–H groups in total. The molecule has 0 aliphatic carbocycles. The summed E-state index contributed by atoms with van der Waals surface area (Å²) in [6, 6.07) is 3.74. The van der Waals surface area contributed by atoms with Crippen molar-refractivity contribution in [3.05, 3.63) is 44.3 Å². The molecule has 2 aromatic rings. The Morgan fingerprint density at radius 3 is 2.47 bits per heavy atom. The molecule has 3 heterocycles. The number of benzene rings is 1. The molecule has 0 radical (unpaired) electrons. The predicted molar refractivity (Wildman–Crippen MR) is 116 cm³/mol. The number of carbonyl (C=O) groups is 1. The average molecular weight is 406 g/mol. The first-order valence-corrected chi connectivity index (χ1v) is 10.2. The van der Waals surface area contributed by atoms with E-state index in [9.17, 15) is 14.7 Å². The topological polar surface area (TPSA) is 94.5 Å². The van der Waals surface area contributed by atoms with E-state index in [0.717, 1.165) is 43.0 Å². The number of hydrogen-bond donors (Lipinski definition) is 1. The van der Waals surface area contributed by atoms with Crippen molar-refractivity contribution in [3.63, 3.8) is 0 Å². The second-order valence-electron chi connectivity index (χ2n) is 9.68. The summed E-state index contributed by atoms with van der Waals surface area (Å²) in [7, 11) is 0. The van der Waals surface area contributed by atoms with E-state index in [2.05, 4.69) is 38.7 Å². The molecule has 0 saturated carbocycles. The lowest BCUT2D eigenvalue weighted by molar-refractivity contribution is -0.132. The summed E-state index contributed by atoms with van der Waals surface area (Å²) in [4.78, 5) is 26.6. The van der Waals surface area contributed by atoms with Crippen LogP contribution in [0.3, 0.4) is 0 Å². The van der Waals surface area contributed by atoms with Crippen LogP contribution in [0.1, 0.15) is 62.8 Å². The fourth-order valence-electron chi connectivity index (χ4n) is 4.84. The zero-order valence-corrected chi connectivity index (χ0v) is 18.0. The van der Waals surface area contributed by atoms with Gasteiger partial charge < -0.3 is 14.4 Å². The summed E-state index contributed by atoms with van der Waals surface area (Å²) >= 11 is 0. The molecule has 4 rings (SSSR count). The number of carboxylic acids is 1. The molecular weight excluding hydrogens is 380 g/mol. The van der Waals surface area contributed by atoms with E-state index >= 15 is 0 Å². The monoisotopic (exact) mass is 406 g/mol. The van der Waals surface area contributed by atoms with Gasteiger partial charge >= 0.3 is 11.6 Å². The van der Waals surface area contributed by atoms with Gasteiger partial charge in [-0.2, -0.15) is 5.26 Å². The number of nitriles is 1. The Morgan fingerprint density at radius 2 is 1.87 bits per heavy atom. The minimum absolute atomic E-state index is 0.0281. The van der Waals surface area contributed by atoms with E-state index in [-0.39, 0.29) is 16.4 Å². The maximum absolute atomic E-state index is 12.9. The lowest BCUT2D eigenvalue weighted by Gasteiger charge is -2.48. The van der Waals surface area contributed by atoms with E-state index in [1.165, 1.54) is 11.3 Å². The van der Waals surface area contributed by atoms with Crippen molar-refractivity contribution in [3.8, 4) is 6.07 Å². The number of aryl methyl sites for hydroxylation is 1. The number of carboxylic acid groups (broad SMARTS) is 1. The van der Waals surface area contributed by atoms with Gasteiger partial charge in [0.15, 0.2) is 0 Å². The van der Waals surface area contributed by atoms with Gasteiger partial charge in [0.05, 0.1) is 5.56 Å². The van der Waals surface area contributed by atoms with Gasteiger partial charge in [-0.15, -0.1) is 0 Å². The Bertz CT molecular complexity index is 1220. The molecule has 6 heteroatoms. The molecule has 2 aliphatic heterocycles. The zero-order chi connectivity index (χ0) is 22.0. The van der Waals surface area contributed by atoms with Crippen molar-refractivity contribution in [1.82, 2.24) is 0 Å². The number of fused-ring (bicyclic) bond motifs is 2. The standard InChI is InChI=1S/C24H26N2O4/c1-13-15-11-17-19-18(24(4,5)7-9-26(19)8-6-23(17,2)3)20(15)30-22(29)16(13)10-14(12-25)21(27)28/h10-11H,6-9H2,1-5H3,(H,27,28)/b14-10-. The summed E-state index contributed by atoms with van der Waals surface area (Å²) in [5, 5.41) is 19.2. The first-order valence-electron chi connectivity index (χ1n) is 10.2. The van der Waals surface area contributed by atoms with Gasteiger partial charge in [0, 0.05) is 29.7 Å². The van der Waals surface area contributed by atoms with Crippen molar-refractivity contribution in [2.24, 2.45) is 0 Å². The van der Waals surface area contributed by atoms with E-state index in [1.807, 2.05) is 0 Å². The maximum Gasteiger partial charge on any atom is 0.346 e. The Labute approximate surface area is 175 Å². The molecule has 1 aromatic heterocycles. The van der Waals surface area contributed by atoms with Crippen LogP contribution in [0.5, 0.6) is 0 Å². The molecule has 0 fully saturated rings. The second-order valence-corrected chi connectivity index (χ2v) is 9.68. The molecular formula is C24H26N2O4. The number of hydrogen-bond acceptors (Lipinski definition) is 5. The van der Waals surface area contributed by atoms with Crippen LogP contribution in [0.4, 0.5) is 5.69 Å². The summed E-state index contributed by atoms with van der Waals surface area (Å²) in [6.45, 7) is 12.6. The molecule has 30 heavy (non-hydrogen) atoms. The first kappa shape index (κ1) is 20.2. The SMILES string of the molecule is Cc1c(/C=C(/C#N)C(=O)O)c(=O)oc2c3c4c(cc12)C(C)(C)CCN4CCC3(C)C. The number of nitrogens with zero attached hydrogens (tertiary/aromatic N) is 2. The number of rotatable bonds is 2. The minimum Gasteiger partial charge on any atom is -0.477 e. The summed E-state index contributed by atoms with van der Waals surface area (Å²) in [5.41, 5.74) is 3.52. The largest absolute Gasteiger partial charge is 0.477 e. The molecule has 0 atom stereocenters. The van der Waals surface area contributed by atoms with Crippen LogP contribution in [0, 0.1) is 18.3 Å². The van der Waals surface area contributed by atoms with Crippen LogP contribution in [0.25, 0.3) is 17.0 Å². The molecule has 2 aliphatic rings. The van der Waals surface area contributed by atoms with E-state index in [4.69, 9.17) is 9.68 Å². The maximum atomic E-state index is 12.9. The second kappa shape index (κ2) is 6.46. The Hall–Kier alpha value is -3.07. The van der Waals surface area contributed by atoms with E-state index in [1.54, 1.807) is 13.0 Å². The van der Waals surface area contributed by atoms with Crippen LogP contribution in [-0.2, 0) is 15.6 Å². The van der Waals surface area contributed by atoms with Crippen molar-refractivity contribution in [2.75, 3.05) is 18.0 Å².